The maximum Gasteiger partial charge on any atom is 0.319 e. The van der Waals surface area contributed by atoms with Gasteiger partial charge in [-0.05, 0) is 24.5 Å². The van der Waals surface area contributed by atoms with Gasteiger partial charge in [-0.3, -0.25) is 4.79 Å². The quantitative estimate of drug-likeness (QED) is 0.734. The van der Waals surface area contributed by atoms with Crippen LogP contribution in [0.25, 0.3) is 0 Å². The van der Waals surface area contributed by atoms with Gasteiger partial charge in [-0.25, -0.2) is 4.79 Å². The predicted molar refractivity (Wildman–Crippen MR) is 99.0 cm³/mol. The van der Waals surface area contributed by atoms with Crippen molar-refractivity contribution >= 4 is 29.4 Å². The lowest BCUT2D eigenvalue weighted by molar-refractivity contribution is -0.131. The summed E-state index contributed by atoms with van der Waals surface area (Å²) >= 11 is 1.79. The number of nitrogens with zero attached hydrogens (tertiary/aromatic N) is 1. The Kier molecular flexibility index (Phi) is 6.04. The minimum absolute atomic E-state index is 0.122. The van der Waals surface area contributed by atoms with E-state index in [9.17, 15) is 9.59 Å². The Morgan fingerprint density at radius 1 is 1.40 bits per heavy atom. The van der Waals surface area contributed by atoms with Crippen LogP contribution in [0.15, 0.2) is 24.3 Å². The minimum atomic E-state index is -0.268. The molecule has 1 aromatic carbocycles. The van der Waals surface area contributed by atoms with Crippen LogP contribution in [0.1, 0.15) is 6.42 Å². The van der Waals surface area contributed by atoms with Crippen LogP contribution < -0.4 is 20.7 Å². The highest BCUT2D eigenvalue weighted by molar-refractivity contribution is 7.99. The molecule has 2 heterocycles. The molecule has 3 rings (SSSR count). The molecular weight excluding hydrogens is 340 g/mol. The summed E-state index contributed by atoms with van der Waals surface area (Å²) in [4.78, 5) is 26.4. The molecule has 2 aliphatic rings. The lowest BCUT2D eigenvalue weighted by atomic mass is 10.1. The van der Waals surface area contributed by atoms with E-state index in [1.165, 1.54) is 0 Å². The number of methoxy groups -OCH3 is 1. The van der Waals surface area contributed by atoms with Crippen molar-refractivity contribution in [3.63, 3.8) is 0 Å². The second kappa shape index (κ2) is 8.44. The summed E-state index contributed by atoms with van der Waals surface area (Å²) < 4.78 is 5.22. The van der Waals surface area contributed by atoms with Crippen LogP contribution in [-0.4, -0.2) is 61.3 Å². The van der Waals surface area contributed by atoms with Crippen molar-refractivity contribution in [3.05, 3.63) is 24.3 Å². The van der Waals surface area contributed by atoms with Crippen LogP contribution in [0.3, 0.4) is 0 Å². The Balaban J connectivity index is 1.43. The summed E-state index contributed by atoms with van der Waals surface area (Å²) in [5.41, 5.74) is 0.631. The highest BCUT2D eigenvalue weighted by Crippen LogP contribution is 2.23. The topological polar surface area (TPSA) is 82.7 Å². The largest absolute Gasteiger partial charge is 0.495 e. The van der Waals surface area contributed by atoms with Crippen LogP contribution in [0.5, 0.6) is 5.75 Å². The zero-order valence-corrected chi connectivity index (χ0v) is 15.1. The highest BCUT2D eigenvalue weighted by atomic mass is 32.2. The SMILES string of the molecule is COc1ccccc1NC(=O)NC[C@@H]1CNC(C(=O)N2CCSC2)C1. The van der Waals surface area contributed by atoms with Crippen molar-refractivity contribution in [2.75, 3.05) is 43.7 Å². The highest BCUT2D eigenvalue weighted by Gasteiger charge is 2.33. The van der Waals surface area contributed by atoms with Gasteiger partial charge in [0, 0.05) is 25.4 Å². The van der Waals surface area contributed by atoms with Gasteiger partial charge in [0.2, 0.25) is 5.91 Å². The number of para-hydroxylation sites is 2. The monoisotopic (exact) mass is 364 g/mol. The third-order valence-corrected chi connectivity index (χ3v) is 5.46. The fraction of sp³-hybridized carbons (Fsp3) is 0.529. The first kappa shape index (κ1) is 17.9. The maximum atomic E-state index is 12.4. The number of carbonyl (C=O) groups is 2. The number of carbonyl (C=O) groups excluding carboxylic acids is 2. The van der Waals surface area contributed by atoms with Gasteiger partial charge in [0.25, 0.3) is 0 Å². The van der Waals surface area contributed by atoms with Gasteiger partial charge < -0.3 is 25.6 Å². The van der Waals surface area contributed by atoms with E-state index in [4.69, 9.17) is 4.74 Å². The smallest absolute Gasteiger partial charge is 0.319 e. The first-order chi connectivity index (χ1) is 12.2. The van der Waals surface area contributed by atoms with E-state index in [0.717, 1.165) is 31.1 Å². The standard InChI is InChI=1S/C17H24N4O3S/c1-24-15-5-3-2-4-13(15)20-17(23)19-10-12-8-14(18-9-12)16(22)21-6-7-25-11-21/h2-5,12,14,18H,6-11H2,1H3,(H2,19,20,23)/t12-,14?/m0/s1. The number of hydrogen-bond donors (Lipinski definition) is 3. The molecule has 8 heteroatoms. The van der Waals surface area contributed by atoms with E-state index in [1.54, 1.807) is 31.0 Å². The van der Waals surface area contributed by atoms with Crippen molar-refractivity contribution in [2.45, 2.75) is 12.5 Å². The number of benzene rings is 1. The first-order valence-electron chi connectivity index (χ1n) is 8.45. The van der Waals surface area contributed by atoms with Gasteiger partial charge in [0.05, 0.1) is 24.7 Å². The van der Waals surface area contributed by atoms with E-state index in [1.807, 2.05) is 17.0 Å². The molecule has 2 saturated heterocycles. The molecule has 2 atom stereocenters. The van der Waals surface area contributed by atoms with E-state index >= 15 is 0 Å². The number of hydrogen-bond acceptors (Lipinski definition) is 5. The molecule has 0 bridgehead atoms. The van der Waals surface area contributed by atoms with Crippen LogP contribution >= 0.6 is 11.8 Å². The fourth-order valence-corrected chi connectivity index (χ4v) is 4.07. The molecule has 2 fully saturated rings. The third kappa shape index (κ3) is 4.58. The third-order valence-electron chi connectivity index (χ3n) is 4.49. The molecule has 0 aliphatic carbocycles. The average molecular weight is 364 g/mol. The summed E-state index contributed by atoms with van der Waals surface area (Å²) in [6.45, 7) is 2.12. The Bertz CT molecular complexity index is 622. The van der Waals surface area contributed by atoms with Gasteiger partial charge in [-0.1, -0.05) is 12.1 Å². The molecule has 7 nitrogen and oxygen atoms in total. The predicted octanol–water partition coefficient (Wildman–Crippen LogP) is 1.33. The average Bonchev–Trinajstić information content (AvgIpc) is 3.32. The molecule has 0 aromatic heterocycles. The lowest BCUT2D eigenvalue weighted by Gasteiger charge is -2.19. The van der Waals surface area contributed by atoms with Crippen molar-refractivity contribution in [1.29, 1.82) is 0 Å². The number of amides is 3. The molecule has 1 unspecified atom stereocenters. The van der Waals surface area contributed by atoms with Gasteiger partial charge in [-0.15, -0.1) is 11.8 Å². The second-order valence-electron chi connectivity index (χ2n) is 6.24. The number of rotatable bonds is 5. The van der Waals surface area contributed by atoms with Gasteiger partial charge in [-0.2, -0.15) is 0 Å². The Morgan fingerprint density at radius 2 is 2.24 bits per heavy atom. The molecular formula is C17H24N4O3S. The molecule has 3 N–H and O–H groups in total. The molecule has 3 amide bonds. The van der Waals surface area contributed by atoms with Crippen LogP contribution in [-0.2, 0) is 4.79 Å². The van der Waals surface area contributed by atoms with E-state index in [0.29, 0.717) is 18.0 Å². The van der Waals surface area contributed by atoms with Crippen molar-refractivity contribution in [3.8, 4) is 5.75 Å². The normalized spacial score (nSPS) is 22.7. The molecule has 136 valence electrons. The van der Waals surface area contributed by atoms with Gasteiger partial charge in [0.1, 0.15) is 5.75 Å². The molecule has 0 saturated carbocycles. The molecule has 2 aliphatic heterocycles. The van der Waals surface area contributed by atoms with Crippen LogP contribution in [0, 0.1) is 5.92 Å². The van der Waals surface area contributed by atoms with Crippen molar-refractivity contribution in [2.24, 2.45) is 5.92 Å². The number of anilines is 1. The summed E-state index contributed by atoms with van der Waals surface area (Å²) in [5.74, 6) is 2.88. The summed E-state index contributed by atoms with van der Waals surface area (Å²) in [6.07, 6.45) is 0.759. The fourth-order valence-electron chi connectivity index (χ4n) is 3.11. The van der Waals surface area contributed by atoms with E-state index < -0.39 is 0 Å². The first-order valence-corrected chi connectivity index (χ1v) is 9.60. The van der Waals surface area contributed by atoms with Crippen LogP contribution in [0.4, 0.5) is 10.5 Å². The van der Waals surface area contributed by atoms with E-state index in [-0.39, 0.29) is 23.9 Å². The number of nitrogens with one attached hydrogen (secondary N) is 3. The zero-order valence-electron chi connectivity index (χ0n) is 14.3. The maximum absolute atomic E-state index is 12.4. The Hall–Kier alpha value is -1.93. The van der Waals surface area contributed by atoms with Crippen LogP contribution in [0.2, 0.25) is 0 Å². The molecule has 1 aromatic rings. The number of urea groups is 1. The summed E-state index contributed by atoms with van der Waals surface area (Å²) in [5, 5.41) is 8.95. The van der Waals surface area contributed by atoms with Gasteiger partial charge >= 0.3 is 6.03 Å². The number of thioether (sulfide) groups is 1. The summed E-state index contributed by atoms with van der Waals surface area (Å²) in [6, 6.07) is 6.88. The van der Waals surface area contributed by atoms with Crippen molar-refractivity contribution in [1.82, 2.24) is 15.5 Å². The van der Waals surface area contributed by atoms with Gasteiger partial charge in [0.15, 0.2) is 0 Å². The molecule has 0 spiro atoms. The second-order valence-corrected chi connectivity index (χ2v) is 7.31. The van der Waals surface area contributed by atoms with E-state index in [2.05, 4.69) is 16.0 Å². The Morgan fingerprint density at radius 3 is 3.00 bits per heavy atom. The summed E-state index contributed by atoms with van der Waals surface area (Å²) in [7, 11) is 1.57. The minimum Gasteiger partial charge on any atom is -0.495 e. The zero-order chi connectivity index (χ0) is 17.6. The molecule has 0 radical (unpaired) electrons. The molecule has 25 heavy (non-hydrogen) atoms. The lowest BCUT2D eigenvalue weighted by Crippen LogP contribution is -2.42. The number of ether oxygens (including phenoxy) is 1. The van der Waals surface area contributed by atoms with Crippen molar-refractivity contribution < 1.29 is 14.3 Å². The Labute approximate surface area is 151 Å².